The summed E-state index contributed by atoms with van der Waals surface area (Å²) in [6.45, 7) is 4.06. The Morgan fingerprint density at radius 3 is 2.51 bits per heavy atom. The normalized spacial score (nSPS) is 12.1. The zero-order valence-corrected chi connectivity index (χ0v) is 23.6. The van der Waals surface area contributed by atoms with Gasteiger partial charge >= 0.3 is 6.09 Å². The van der Waals surface area contributed by atoms with Gasteiger partial charge in [0.05, 0.1) is 18.0 Å². The fourth-order valence-corrected chi connectivity index (χ4v) is 4.22. The van der Waals surface area contributed by atoms with E-state index >= 15 is 0 Å². The number of rotatable bonds is 12. The van der Waals surface area contributed by atoms with Crippen molar-refractivity contribution in [3.05, 3.63) is 95.0 Å². The highest BCUT2D eigenvalue weighted by Crippen LogP contribution is 2.41. The second-order valence-corrected chi connectivity index (χ2v) is 10.5. The standard InChI is InChI=1S/C30H34BrN3O5/c1-30(2,17-6-5-12-27(36)34-26-11-4-3-10-25(26)32)28(21-8-7-9-24(20-21)38-19-18-35)39-29(37)33-23-15-13-22(31)14-16-23/h3-5,7-16,20,28,35H,6,17-19,32H2,1-2H3,(H,33,37)(H,34,36)/b12-5+/t28-/m0/s1. The van der Waals surface area contributed by atoms with Gasteiger partial charge in [0.15, 0.2) is 0 Å². The van der Waals surface area contributed by atoms with Crippen LogP contribution >= 0.6 is 15.9 Å². The monoisotopic (exact) mass is 595 g/mol. The fraction of sp³-hybridized carbons (Fsp3) is 0.267. The fourth-order valence-electron chi connectivity index (χ4n) is 3.96. The molecule has 3 aromatic carbocycles. The number of amides is 2. The molecule has 0 heterocycles. The molecule has 0 bridgehead atoms. The highest BCUT2D eigenvalue weighted by molar-refractivity contribution is 9.10. The molecule has 0 fully saturated rings. The van der Waals surface area contributed by atoms with Crippen molar-refractivity contribution in [2.24, 2.45) is 5.41 Å². The number of ether oxygens (including phenoxy) is 2. The summed E-state index contributed by atoms with van der Waals surface area (Å²) in [4.78, 5) is 25.3. The highest BCUT2D eigenvalue weighted by Gasteiger charge is 2.34. The number of benzene rings is 3. The van der Waals surface area contributed by atoms with Crippen LogP contribution in [0.25, 0.3) is 0 Å². The zero-order chi connectivity index (χ0) is 28.3. The molecule has 3 aromatic rings. The second kappa shape index (κ2) is 14.4. The molecule has 206 valence electrons. The topological polar surface area (TPSA) is 123 Å². The van der Waals surface area contributed by atoms with Gasteiger partial charge in [-0.05, 0) is 73.0 Å². The summed E-state index contributed by atoms with van der Waals surface area (Å²) in [5.74, 6) is 0.289. The van der Waals surface area contributed by atoms with Gasteiger partial charge in [0.2, 0.25) is 5.91 Å². The lowest BCUT2D eigenvalue weighted by atomic mass is 9.78. The van der Waals surface area contributed by atoms with Crippen LogP contribution in [-0.4, -0.2) is 30.3 Å². The first kappa shape index (κ1) is 29.7. The third-order valence-corrected chi connectivity index (χ3v) is 6.52. The number of allylic oxidation sites excluding steroid dienone is 1. The molecular weight excluding hydrogens is 562 g/mol. The Balaban J connectivity index is 1.71. The number of hydrogen-bond acceptors (Lipinski definition) is 6. The van der Waals surface area contributed by atoms with Crippen LogP contribution in [-0.2, 0) is 9.53 Å². The van der Waals surface area contributed by atoms with Crippen LogP contribution in [0.1, 0.15) is 38.4 Å². The molecule has 0 aromatic heterocycles. The van der Waals surface area contributed by atoms with Crippen molar-refractivity contribution in [2.45, 2.75) is 32.8 Å². The third-order valence-electron chi connectivity index (χ3n) is 5.99. The number of nitrogen functional groups attached to an aromatic ring is 1. The van der Waals surface area contributed by atoms with Gasteiger partial charge in [-0.1, -0.05) is 60.1 Å². The van der Waals surface area contributed by atoms with E-state index in [2.05, 4.69) is 26.6 Å². The van der Waals surface area contributed by atoms with Crippen molar-refractivity contribution < 1.29 is 24.2 Å². The van der Waals surface area contributed by atoms with E-state index in [9.17, 15) is 9.59 Å². The molecule has 0 unspecified atom stereocenters. The molecule has 1 atom stereocenters. The summed E-state index contributed by atoms with van der Waals surface area (Å²) in [5, 5.41) is 14.7. The van der Waals surface area contributed by atoms with Gasteiger partial charge < -0.3 is 25.6 Å². The van der Waals surface area contributed by atoms with Crippen LogP contribution in [0, 0.1) is 5.41 Å². The average molecular weight is 597 g/mol. The molecule has 0 aliphatic carbocycles. The van der Waals surface area contributed by atoms with Crippen LogP contribution in [0.2, 0.25) is 0 Å². The highest BCUT2D eigenvalue weighted by atomic mass is 79.9. The molecule has 2 amide bonds. The van der Waals surface area contributed by atoms with Gasteiger partial charge in [-0.15, -0.1) is 0 Å². The van der Waals surface area contributed by atoms with Crippen LogP contribution in [0.5, 0.6) is 5.75 Å². The van der Waals surface area contributed by atoms with E-state index in [0.717, 1.165) is 10.0 Å². The van der Waals surface area contributed by atoms with E-state index in [0.29, 0.717) is 35.7 Å². The molecule has 0 spiro atoms. The van der Waals surface area contributed by atoms with Crippen LogP contribution in [0.4, 0.5) is 21.9 Å². The van der Waals surface area contributed by atoms with Crippen molar-refractivity contribution in [1.29, 1.82) is 0 Å². The Labute approximate surface area is 237 Å². The van der Waals surface area contributed by atoms with E-state index in [4.69, 9.17) is 20.3 Å². The molecule has 0 radical (unpaired) electrons. The molecule has 0 saturated carbocycles. The van der Waals surface area contributed by atoms with Gasteiger partial charge in [-0.2, -0.15) is 0 Å². The second-order valence-electron chi connectivity index (χ2n) is 9.57. The molecule has 0 saturated heterocycles. The summed E-state index contributed by atoms with van der Waals surface area (Å²) in [6.07, 6.45) is 3.23. The van der Waals surface area contributed by atoms with E-state index in [1.54, 1.807) is 48.5 Å². The molecule has 0 aliphatic rings. The number of halogens is 1. The molecule has 0 aliphatic heterocycles. The minimum atomic E-state index is -0.628. The lowest BCUT2D eigenvalue weighted by Crippen LogP contribution is -2.29. The Hall–Kier alpha value is -3.82. The number of carbonyl (C=O) groups excluding carboxylic acids is 2. The predicted molar refractivity (Wildman–Crippen MR) is 158 cm³/mol. The lowest BCUT2D eigenvalue weighted by Gasteiger charge is -2.34. The number of hydrogen-bond donors (Lipinski definition) is 4. The maximum Gasteiger partial charge on any atom is 0.412 e. The summed E-state index contributed by atoms with van der Waals surface area (Å²) < 4.78 is 12.5. The van der Waals surface area contributed by atoms with Crippen LogP contribution in [0.3, 0.4) is 0 Å². The van der Waals surface area contributed by atoms with Crippen molar-refractivity contribution in [1.82, 2.24) is 0 Å². The lowest BCUT2D eigenvalue weighted by molar-refractivity contribution is -0.111. The van der Waals surface area contributed by atoms with Crippen molar-refractivity contribution in [3.63, 3.8) is 0 Å². The molecule has 9 heteroatoms. The van der Waals surface area contributed by atoms with Gasteiger partial charge in [0.25, 0.3) is 0 Å². The number of anilines is 3. The molecular formula is C30H34BrN3O5. The Morgan fingerprint density at radius 1 is 1.05 bits per heavy atom. The maximum absolute atomic E-state index is 12.9. The SMILES string of the molecule is CC(C)(CC/C=C/C(=O)Nc1ccccc1N)[C@@H](OC(=O)Nc1ccc(Br)cc1)c1cccc(OCCO)c1. The third kappa shape index (κ3) is 9.46. The number of nitrogens with one attached hydrogen (secondary N) is 2. The van der Waals surface area contributed by atoms with Crippen molar-refractivity contribution >= 4 is 45.0 Å². The largest absolute Gasteiger partial charge is 0.491 e. The molecule has 39 heavy (non-hydrogen) atoms. The summed E-state index contributed by atoms with van der Waals surface area (Å²) in [5.41, 5.74) is 7.78. The van der Waals surface area contributed by atoms with E-state index < -0.39 is 17.6 Å². The summed E-state index contributed by atoms with van der Waals surface area (Å²) in [7, 11) is 0. The van der Waals surface area contributed by atoms with Gasteiger partial charge in [0.1, 0.15) is 18.5 Å². The van der Waals surface area contributed by atoms with Crippen LogP contribution in [0.15, 0.2) is 89.4 Å². The summed E-state index contributed by atoms with van der Waals surface area (Å²) in [6, 6.07) is 21.5. The molecule has 3 rings (SSSR count). The number of aliphatic hydroxyl groups is 1. The van der Waals surface area contributed by atoms with Gasteiger partial charge in [-0.3, -0.25) is 10.1 Å². The Morgan fingerprint density at radius 2 is 1.79 bits per heavy atom. The van der Waals surface area contributed by atoms with Crippen molar-refractivity contribution in [2.75, 3.05) is 29.6 Å². The van der Waals surface area contributed by atoms with E-state index in [-0.39, 0.29) is 19.1 Å². The predicted octanol–water partition coefficient (Wildman–Crippen LogP) is 6.69. The van der Waals surface area contributed by atoms with Gasteiger partial charge in [0, 0.05) is 15.6 Å². The first-order chi connectivity index (χ1) is 18.7. The molecule has 5 N–H and O–H groups in total. The number of para-hydroxylation sites is 2. The zero-order valence-electron chi connectivity index (χ0n) is 22.0. The quantitative estimate of drug-likeness (QED) is 0.136. The Bertz CT molecular complexity index is 1280. The minimum Gasteiger partial charge on any atom is -0.491 e. The van der Waals surface area contributed by atoms with E-state index in [1.165, 1.54) is 6.08 Å². The van der Waals surface area contributed by atoms with Gasteiger partial charge in [-0.25, -0.2) is 4.79 Å². The number of aliphatic hydroxyl groups excluding tert-OH is 1. The first-order valence-electron chi connectivity index (χ1n) is 12.6. The smallest absolute Gasteiger partial charge is 0.412 e. The number of carbonyl (C=O) groups is 2. The average Bonchev–Trinajstić information content (AvgIpc) is 2.91. The van der Waals surface area contributed by atoms with Crippen LogP contribution < -0.4 is 21.1 Å². The first-order valence-corrected chi connectivity index (χ1v) is 13.4. The number of nitrogens with two attached hydrogens (primary N) is 1. The minimum absolute atomic E-state index is 0.109. The molecule has 8 nitrogen and oxygen atoms in total. The Kier molecular flexibility index (Phi) is 11.0. The maximum atomic E-state index is 12.9. The summed E-state index contributed by atoms with van der Waals surface area (Å²) >= 11 is 3.38. The van der Waals surface area contributed by atoms with E-state index in [1.807, 2.05) is 44.2 Å². The van der Waals surface area contributed by atoms with Crippen molar-refractivity contribution in [3.8, 4) is 5.75 Å².